The third-order valence-electron chi connectivity index (χ3n) is 3.99. The van der Waals surface area contributed by atoms with Crippen molar-refractivity contribution in [1.82, 2.24) is 5.32 Å². The van der Waals surface area contributed by atoms with Gasteiger partial charge in [0.25, 0.3) is 0 Å². The molecule has 0 amide bonds. The quantitative estimate of drug-likeness (QED) is 0.725. The first kappa shape index (κ1) is 11.4. The summed E-state index contributed by atoms with van der Waals surface area (Å²) in [5.41, 5.74) is 0. The van der Waals surface area contributed by atoms with Crippen LogP contribution in [0, 0.1) is 5.92 Å². The highest BCUT2D eigenvalue weighted by Crippen LogP contribution is 2.23. The van der Waals surface area contributed by atoms with Crippen LogP contribution in [0.4, 0.5) is 0 Å². The number of hydrogen-bond acceptors (Lipinski definition) is 2. The Hall–Kier alpha value is -0.0800. The Morgan fingerprint density at radius 2 is 1.93 bits per heavy atom. The lowest BCUT2D eigenvalue weighted by atomic mass is 9.97. The molecule has 1 saturated carbocycles. The number of rotatable bonds is 3. The van der Waals surface area contributed by atoms with Crippen molar-refractivity contribution >= 4 is 0 Å². The van der Waals surface area contributed by atoms with Crippen LogP contribution in [-0.4, -0.2) is 25.3 Å². The van der Waals surface area contributed by atoms with Crippen LogP contribution < -0.4 is 5.32 Å². The lowest BCUT2D eigenvalue weighted by Gasteiger charge is -2.24. The average molecular weight is 211 g/mol. The van der Waals surface area contributed by atoms with E-state index in [9.17, 15) is 0 Å². The van der Waals surface area contributed by atoms with Crippen LogP contribution in [0.15, 0.2) is 0 Å². The molecule has 3 unspecified atom stereocenters. The van der Waals surface area contributed by atoms with Crippen molar-refractivity contribution in [3.63, 3.8) is 0 Å². The molecule has 0 aromatic heterocycles. The zero-order valence-corrected chi connectivity index (χ0v) is 10.0. The Morgan fingerprint density at radius 1 is 1.07 bits per heavy atom. The molecular formula is C13H25NO. The van der Waals surface area contributed by atoms with Gasteiger partial charge in [-0.05, 0) is 31.6 Å². The van der Waals surface area contributed by atoms with Crippen LogP contribution in [-0.2, 0) is 4.74 Å². The van der Waals surface area contributed by atoms with Gasteiger partial charge in [0.05, 0.1) is 6.10 Å². The lowest BCUT2D eigenvalue weighted by molar-refractivity contribution is 0.105. The van der Waals surface area contributed by atoms with Gasteiger partial charge in [-0.25, -0.2) is 0 Å². The molecule has 88 valence electrons. The van der Waals surface area contributed by atoms with Gasteiger partial charge in [-0.15, -0.1) is 0 Å². The average Bonchev–Trinajstić information content (AvgIpc) is 2.67. The molecule has 0 spiro atoms. The number of ether oxygens (including phenoxy) is 1. The summed E-state index contributed by atoms with van der Waals surface area (Å²) in [6.07, 6.45) is 10.1. The van der Waals surface area contributed by atoms with Crippen molar-refractivity contribution in [2.45, 2.75) is 64.0 Å². The maximum atomic E-state index is 5.65. The zero-order valence-electron chi connectivity index (χ0n) is 10.0. The highest BCUT2D eigenvalue weighted by molar-refractivity contribution is 4.79. The molecule has 1 heterocycles. The molecule has 0 radical (unpaired) electrons. The van der Waals surface area contributed by atoms with E-state index in [-0.39, 0.29) is 0 Å². The van der Waals surface area contributed by atoms with Crippen LogP contribution in [0.2, 0.25) is 0 Å². The summed E-state index contributed by atoms with van der Waals surface area (Å²) in [6, 6.07) is 0.747. The molecule has 0 aromatic rings. The van der Waals surface area contributed by atoms with Gasteiger partial charge in [0.15, 0.2) is 0 Å². The first-order valence-electron chi connectivity index (χ1n) is 6.71. The Kier molecular flexibility index (Phi) is 4.45. The molecule has 2 fully saturated rings. The topological polar surface area (TPSA) is 21.3 Å². The van der Waals surface area contributed by atoms with Crippen LogP contribution >= 0.6 is 0 Å². The Labute approximate surface area is 93.8 Å². The van der Waals surface area contributed by atoms with Crippen molar-refractivity contribution in [2.75, 3.05) is 13.2 Å². The monoisotopic (exact) mass is 211 g/mol. The Balaban J connectivity index is 1.71. The largest absolute Gasteiger partial charge is 0.377 e. The van der Waals surface area contributed by atoms with E-state index in [0.717, 1.165) is 25.1 Å². The van der Waals surface area contributed by atoms with Gasteiger partial charge in [0.2, 0.25) is 0 Å². The fraction of sp³-hybridized carbons (Fsp3) is 1.00. The predicted octanol–water partition coefficient (Wildman–Crippen LogP) is 2.72. The first-order chi connectivity index (χ1) is 7.36. The molecule has 0 aromatic carbocycles. The summed E-state index contributed by atoms with van der Waals surface area (Å²) in [4.78, 5) is 0. The van der Waals surface area contributed by atoms with Crippen LogP contribution in [0.5, 0.6) is 0 Å². The molecule has 1 N–H and O–H groups in total. The minimum absolute atomic E-state index is 0.500. The number of hydrogen-bond donors (Lipinski definition) is 1. The molecule has 0 bridgehead atoms. The van der Waals surface area contributed by atoms with Crippen molar-refractivity contribution in [2.24, 2.45) is 5.92 Å². The van der Waals surface area contributed by atoms with Gasteiger partial charge >= 0.3 is 0 Å². The van der Waals surface area contributed by atoms with E-state index in [1.165, 1.54) is 44.9 Å². The fourth-order valence-electron chi connectivity index (χ4n) is 2.88. The standard InChI is InChI=1S/C13H25NO/c1-11-6-3-2-4-8-13(11)14-10-12-7-5-9-15-12/h11-14H,2-10H2,1H3. The summed E-state index contributed by atoms with van der Waals surface area (Å²) in [5.74, 6) is 0.855. The third-order valence-corrected chi connectivity index (χ3v) is 3.99. The minimum Gasteiger partial charge on any atom is -0.377 e. The molecule has 3 atom stereocenters. The fourth-order valence-corrected chi connectivity index (χ4v) is 2.88. The summed E-state index contributed by atoms with van der Waals surface area (Å²) < 4.78 is 5.65. The van der Waals surface area contributed by atoms with E-state index in [1.54, 1.807) is 0 Å². The van der Waals surface area contributed by atoms with Crippen molar-refractivity contribution in [3.05, 3.63) is 0 Å². The summed E-state index contributed by atoms with van der Waals surface area (Å²) in [5, 5.41) is 3.73. The third kappa shape index (κ3) is 3.46. The second-order valence-corrected chi connectivity index (χ2v) is 5.27. The van der Waals surface area contributed by atoms with Gasteiger partial charge < -0.3 is 10.1 Å². The second-order valence-electron chi connectivity index (χ2n) is 5.27. The van der Waals surface area contributed by atoms with E-state index in [1.807, 2.05) is 0 Å². The van der Waals surface area contributed by atoms with Gasteiger partial charge in [-0.1, -0.05) is 26.2 Å². The SMILES string of the molecule is CC1CCCCCC1NCC1CCCO1. The van der Waals surface area contributed by atoms with Gasteiger partial charge in [-0.3, -0.25) is 0 Å². The van der Waals surface area contributed by atoms with E-state index in [0.29, 0.717) is 6.10 Å². The Bertz CT molecular complexity index is 177. The van der Waals surface area contributed by atoms with Crippen LogP contribution in [0.25, 0.3) is 0 Å². The van der Waals surface area contributed by atoms with Gasteiger partial charge in [-0.2, -0.15) is 0 Å². The van der Waals surface area contributed by atoms with Crippen molar-refractivity contribution in [1.29, 1.82) is 0 Å². The highest BCUT2D eigenvalue weighted by atomic mass is 16.5. The highest BCUT2D eigenvalue weighted by Gasteiger charge is 2.22. The molecule has 1 aliphatic carbocycles. The molecule has 2 aliphatic rings. The summed E-state index contributed by atoms with van der Waals surface area (Å²) >= 11 is 0. The van der Waals surface area contributed by atoms with Gasteiger partial charge in [0, 0.05) is 19.2 Å². The van der Waals surface area contributed by atoms with Crippen molar-refractivity contribution in [3.8, 4) is 0 Å². The Morgan fingerprint density at radius 3 is 2.73 bits per heavy atom. The number of nitrogens with one attached hydrogen (secondary N) is 1. The molecule has 2 rings (SSSR count). The molecular weight excluding hydrogens is 186 g/mol. The molecule has 1 saturated heterocycles. The maximum absolute atomic E-state index is 5.65. The van der Waals surface area contributed by atoms with Crippen molar-refractivity contribution < 1.29 is 4.74 Å². The van der Waals surface area contributed by atoms with Gasteiger partial charge in [0.1, 0.15) is 0 Å². The lowest BCUT2D eigenvalue weighted by Crippen LogP contribution is -2.39. The van der Waals surface area contributed by atoms with Crippen LogP contribution in [0.1, 0.15) is 51.9 Å². The molecule has 2 heteroatoms. The van der Waals surface area contributed by atoms with E-state index < -0.39 is 0 Å². The summed E-state index contributed by atoms with van der Waals surface area (Å²) in [6.45, 7) is 4.46. The molecule has 2 nitrogen and oxygen atoms in total. The van der Waals surface area contributed by atoms with E-state index in [4.69, 9.17) is 4.74 Å². The minimum atomic E-state index is 0.500. The zero-order chi connectivity index (χ0) is 10.5. The normalized spacial score (nSPS) is 37.8. The maximum Gasteiger partial charge on any atom is 0.0700 e. The first-order valence-corrected chi connectivity index (χ1v) is 6.71. The van der Waals surface area contributed by atoms with Crippen LogP contribution in [0.3, 0.4) is 0 Å². The second kappa shape index (κ2) is 5.86. The molecule has 1 aliphatic heterocycles. The smallest absolute Gasteiger partial charge is 0.0700 e. The predicted molar refractivity (Wildman–Crippen MR) is 63.0 cm³/mol. The molecule has 15 heavy (non-hydrogen) atoms. The van der Waals surface area contributed by atoms with E-state index >= 15 is 0 Å². The van der Waals surface area contributed by atoms with E-state index in [2.05, 4.69) is 12.2 Å². The summed E-state index contributed by atoms with van der Waals surface area (Å²) in [7, 11) is 0.